The predicted molar refractivity (Wildman–Crippen MR) is 85.4 cm³/mol. The van der Waals surface area contributed by atoms with Crippen LogP contribution in [0.2, 0.25) is 0 Å². The number of imidazole rings is 1. The lowest BCUT2D eigenvalue weighted by Gasteiger charge is -2.00. The molecule has 0 aliphatic heterocycles. The third-order valence-corrected chi connectivity index (χ3v) is 4.18. The first-order valence-corrected chi connectivity index (χ1v) is 7.73. The number of methoxy groups -OCH3 is 1. The second kappa shape index (κ2) is 6.34. The van der Waals surface area contributed by atoms with Crippen LogP contribution in [0.3, 0.4) is 0 Å². The number of benzene rings is 1. The first kappa shape index (κ1) is 14.2. The Balaban J connectivity index is 1.80. The van der Waals surface area contributed by atoms with Gasteiger partial charge < -0.3 is 14.6 Å². The Morgan fingerprint density at radius 1 is 1.29 bits per heavy atom. The average molecular weight is 302 g/mol. The first-order chi connectivity index (χ1) is 10.3. The molecule has 1 N–H and O–H groups in total. The number of aromatic nitrogens is 3. The van der Waals surface area contributed by atoms with Crippen molar-refractivity contribution < 1.29 is 4.74 Å². The Morgan fingerprint density at radius 3 is 2.95 bits per heavy atom. The summed E-state index contributed by atoms with van der Waals surface area (Å²) in [7, 11) is 3.73. The first-order valence-electron chi connectivity index (χ1n) is 6.85. The molecule has 0 unspecified atom stereocenters. The zero-order valence-corrected chi connectivity index (χ0v) is 13.0. The van der Waals surface area contributed by atoms with Gasteiger partial charge in [-0.2, -0.15) is 0 Å². The van der Waals surface area contributed by atoms with Crippen LogP contribution in [0.4, 0.5) is 0 Å². The predicted octanol–water partition coefficient (Wildman–Crippen LogP) is 2.43. The normalized spacial score (nSPS) is 11.3. The van der Waals surface area contributed by atoms with Crippen molar-refractivity contribution in [2.24, 2.45) is 7.05 Å². The fourth-order valence-corrected chi connectivity index (χ4v) is 2.98. The molecule has 0 saturated heterocycles. The number of rotatable bonds is 6. The summed E-state index contributed by atoms with van der Waals surface area (Å²) in [6, 6.07) is 8.13. The van der Waals surface area contributed by atoms with E-state index in [1.165, 1.54) is 0 Å². The monoisotopic (exact) mass is 302 g/mol. The molecular formula is C15H18N4OS. The SMILES string of the molecule is COCCNCc1nc(-c2nc3ccccc3n2C)cs1. The summed E-state index contributed by atoms with van der Waals surface area (Å²) >= 11 is 1.65. The number of ether oxygens (including phenoxy) is 1. The van der Waals surface area contributed by atoms with E-state index in [2.05, 4.69) is 31.3 Å². The minimum Gasteiger partial charge on any atom is -0.383 e. The molecule has 0 aliphatic rings. The Bertz CT molecular complexity index is 734. The van der Waals surface area contributed by atoms with Crippen LogP contribution in [-0.4, -0.2) is 34.8 Å². The number of fused-ring (bicyclic) bond motifs is 1. The summed E-state index contributed by atoms with van der Waals surface area (Å²) in [6.07, 6.45) is 0. The molecule has 21 heavy (non-hydrogen) atoms. The molecular weight excluding hydrogens is 284 g/mol. The maximum Gasteiger partial charge on any atom is 0.160 e. The summed E-state index contributed by atoms with van der Waals surface area (Å²) in [5.74, 6) is 0.913. The van der Waals surface area contributed by atoms with Crippen molar-refractivity contribution in [2.75, 3.05) is 20.3 Å². The molecule has 0 aliphatic carbocycles. The highest BCUT2D eigenvalue weighted by atomic mass is 32.1. The average Bonchev–Trinajstić information content (AvgIpc) is 3.09. The summed E-state index contributed by atoms with van der Waals surface area (Å²) < 4.78 is 7.10. The van der Waals surface area contributed by atoms with Crippen LogP contribution in [0.25, 0.3) is 22.6 Å². The number of para-hydroxylation sites is 2. The molecule has 2 heterocycles. The number of thiazole rings is 1. The van der Waals surface area contributed by atoms with Gasteiger partial charge in [0.1, 0.15) is 10.7 Å². The van der Waals surface area contributed by atoms with Gasteiger partial charge in [0, 0.05) is 32.6 Å². The zero-order valence-electron chi connectivity index (χ0n) is 12.2. The van der Waals surface area contributed by atoms with E-state index in [1.807, 2.05) is 25.2 Å². The molecule has 0 atom stereocenters. The van der Waals surface area contributed by atoms with Gasteiger partial charge in [-0.1, -0.05) is 12.1 Å². The number of nitrogens with zero attached hydrogens (tertiary/aromatic N) is 3. The molecule has 0 saturated carbocycles. The van der Waals surface area contributed by atoms with E-state index in [1.54, 1.807) is 18.4 Å². The van der Waals surface area contributed by atoms with Gasteiger partial charge in [0.25, 0.3) is 0 Å². The highest BCUT2D eigenvalue weighted by Gasteiger charge is 2.12. The summed E-state index contributed by atoms with van der Waals surface area (Å²) in [6.45, 7) is 2.30. The highest BCUT2D eigenvalue weighted by molar-refractivity contribution is 7.09. The second-order valence-electron chi connectivity index (χ2n) is 4.78. The van der Waals surface area contributed by atoms with Crippen molar-refractivity contribution in [2.45, 2.75) is 6.54 Å². The molecule has 6 heteroatoms. The van der Waals surface area contributed by atoms with Crippen LogP contribution in [0.1, 0.15) is 5.01 Å². The number of aryl methyl sites for hydroxylation is 1. The molecule has 0 fully saturated rings. The zero-order chi connectivity index (χ0) is 14.7. The van der Waals surface area contributed by atoms with Crippen LogP contribution in [0.15, 0.2) is 29.6 Å². The Morgan fingerprint density at radius 2 is 2.14 bits per heavy atom. The van der Waals surface area contributed by atoms with Crippen molar-refractivity contribution in [3.05, 3.63) is 34.7 Å². The van der Waals surface area contributed by atoms with Gasteiger partial charge in [0.05, 0.1) is 17.6 Å². The molecule has 0 radical (unpaired) electrons. The lowest BCUT2D eigenvalue weighted by Crippen LogP contribution is -2.18. The fraction of sp³-hybridized carbons (Fsp3) is 0.333. The third-order valence-electron chi connectivity index (χ3n) is 3.33. The largest absolute Gasteiger partial charge is 0.383 e. The molecule has 110 valence electrons. The second-order valence-corrected chi connectivity index (χ2v) is 5.72. The van der Waals surface area contributed by atoms with E-state index < -0.39 is 0 Å². The van der Waals surface area contributed by atoms with E-state index in [-0.39, 0.29) is 0 Å². The Kier molecular flexibility index (Phi) is 4.28. The van der Waals surface area contributed by atoms with Gasteiger partial charge >= 0.3 is 0 Å². The molecule has 5 nitrogen and oxygen atoms in total. The molecule has 2 aromatic heterocycles. The molecule has 3 aromatic rings. The molecule has 3 rings (SSSR count). The summed E-state index contributed by atoms with van der Waals surface area (Å²) in [4.78, 5) is 9.34. The summed E-state index contributed by atoms with van der Waals surface area (Å²) in [5, 5.41) is 6.43. The third kappa shape index (κ3) is 2.97. The van der Waals surface area contributed by atoms with E-state index in [0.29, 0.717) is 6.61 Å². The van der Waals surface area contributed by atoms with Crippen LogP contribution < -0.4 is 5.32 Å². The highest BCUT2D eigenvalue weighted by Crippen LogP contribution is 2.24. The lowest BCUT2D eigenvalue weighted by molar-refractivity contribution is 0.199. The number of hydrogen-bond donors (Lipinski definition) is 1. The van der Waals surface area contributed by atoms with Crippen molar-refractivity contribution >= 4 is 22.4 Å². The topological polar surface area (TPSA) is 52.0 Å². The standard InChI is InChI=1S/C15H18N4OS/c1-19-13-6-4-3-5-11(13)18-15(19)12-10-21-14(17-12)9-16-7-8-20-2/h3-6,10,16H,7-9H2,1-2H3. The Hall–Kier alpha value is -1.76. The molecule has 1 aromatic carbocycles. The van der Waals surface area contributed by atoms with Crippen LogP contribution in [0.5, 0.6) is 0 Å². The number of nitrogens with one attached hydrogen (secondary N) is 1. The maximum atomic E-state index is 5.01. The molecule has 0 spiro atoms. The maximum absolute atomic E-state index is 5.01. The van der Waals surface area contributed by atoms with Crippen LogP contribution >= 0.6 is 11.3 Å². The van der Waals surface area contributed by atoms with Gasteiger partial charge in [-0.05, 0) is 12.1 Å². The lowest BCUT2D eigenvalue weighted by atomic mass is 10.3. The van der Waals surface area contributed by atoms with Crippen LogP contribution in [0, 0.1) is 0 Å². The van der Waals surface area contributed by atoms with Gasteiger partial charge in [0.15, 0.2) is 5.82 Å². The van der Waals surface area contributed by atoms with Gasteiger partial charge in [-0.3, -0.25) is 0 Å². The van der Waals surface area contributed by atoms with Crippen molar-refractivity contribution in [1.82, 2.24) is 19.9 Å². The van der Waals surface area contributed by atoms with Gasteiger partial charge in [0.2, 0.25) is 0 Å². The van der Waals surface area contributed by atoms with E-state index >= 15 is 0 Å². The van der Waals surface area contributed by atoms with E-state index in [9.17, 15) is 0 Å². The smallest absolute Gasteiger partial charge is 0.160 e. The van der Waals surface area contributed by atoms with Crippen molar-refractivity contribution in [3.8, 4) is 11.5 Å². The fourth-order valence-electron chi connectivity index (χ4n) is 2.24. The molecule has 0 bridgehead atoms. The minimum atomic E-state index is 0.711. The Labute approximate surface area is 127 Å². The van der Waals surface area contributed by atoms with Gasteiger partial charge in [-0.25, -0.2) is 9.97 Å². The number of hydrogen-bond acceptors (Lipinski definition) is 5. The van der Waals surface area contributed by atoms with Crippen LogP contribution in [-0.2, 0) is 18.3 Å². The van der Waals surface area contributed by atoms with E-state index in [4.69, 9.17) is 4.74 Å². The summed E-state index contributed by atoms with van der Waals surface area (Å²) in [5.41, 5.74) is 3.06. The quantitative estimate of drug-likeness (QED) is 0.711. The minimum absolute atomic E-state index is 0.711. The van der Waals surface area contributed by atoms with E-state index in [0.717, 1.165) is 40.6 Å². The molecule has 0 amide bonds. The van der Waals surface area contributed by atoms with Crippen molar-refractivity contribution in [3.63, 3.8) is 0 Å². The van der Waals surface area contributed by atoms with Crippen molar-refractivity contribution in [1.29, 1.82) is 0 Å². The van der Waals surface area contributed by atoms with Gasteiger partial charge in [-0.15, -0.1) is 11.3 Å².